The maximum atomic E-state index is 6.17. The van der Waals surface area contributed by atoms with E-state index in [1.54, 1.807) is 0 Å². The van der Waals surface area contributed by atoms with Crippen LogP contribution in [0.25, 0.3) is 10.9 Å². The second-order valence-electron chi connectivity index (χ2n) is 6.18. The van der Waals surface area contributed by atoms with E-state index < -0.39 is 0 Å². The molecule has 3 rings (SSSR count). The highest BCUT2D eigenvalue weighted by molar-refractivity contribution is 5.82. The lowest BCUT2D eigenvalue weighted by Gasteiger charge is -2.35. The molecular formula is C16H21N3. The van der Waals surface area contributed by atoms with Crippen LogP contribution in [-0.2, 0) is 6.42 Å². The number of para-hydroxylation sites is 1. The van der Waals surface area contributed by atoms with Crippen LogP contribution >= 0.6 is 0 Å². The number of benzene rings is 1. The van der Waals surface area contributed by atoms with Gasteiger partial charge in [-0.2, -0.15) is 0 Å². The summed E-state index contributed by atoms with van der Waals surface area (Å²) in [4.78, 5) is 7.19. The molecule has 0 bridgehead atoms. The minimum absolute atomic E-state index is 0.193. The predicted octanol–water partition coefficient (Wildman–Crippen LogP) is 2.72. The van der Waals surface area contributed by atoms with Crippen molar-refractivity contribution in [3.05, 3.63) is 35.9 Å². The Morgan fingerprint density at radius 2 is 2.11 bits per heavy atom. The topological polar surface area (TPSA) is 42.1 Å². The molecule has 1 aromatic carbocycles. The zero-order chi connectivity index (χ0) is 13.5. The highest BCUT2D eigenvalue weighted by Crippen LogP contribution is 2.29. The first-order chi connectivity index (χ1) is 9.03. The lowest BCUT2D eigenvalue weighted by molar-refractivity contribution is 0.493. The Labute approximate surface area is 114 Å². The zero-order valence-corrected chi connectivity index (χ0v) is 11.7. The van der Waals surface area contributed by atoms with Crippen molar-refractivity contribution in [1.82, 2.24) is 4.98 Å². The number of fused-ring (bicyclic) bond motifs is 2. The summed E-state index contributed by atoms with van der Waals surface area (Å²) in [6.45, 7) is 6.05. The Kier molecular flexibility index (Phi) is 2.94. The summed E-state index contributed by atoms with van der Waals surface area (Å²) >= 11 is 0. The van der Waals surface area contributed by atoms with Gasteiger partial charge in [-0.15, -0.1) is 0 Å². The Hall–Kier alpha value is -1.61. The highest BCUT2D eigenvalue weighted by atomic mass is 15.2. The van der Waals surface area contributed by atoms with Gasteiger partial charge in [0.05, 0.1) is 5.52 Å². The molecule has 1 aliphatic heterocycles. The predicted molar refractivity (Wildman–Crippen MR) is 80.5 cm³/mol. The van der Waals surface area contributed by atoms with Crippen molar-refractivity contribution in [2.45, 2.75) is 32.2 Å². The average Bonchev–Trinajstić information content (AvgIpc) is 2.35. The molecule has 2 N–H and O–H groups in total. The number of aromatic nitrogens is 1. The van der Waals surface area contributed by atoms with E-state index >= 15 is 0 Å². The third-order valence-electron chi connectivity index (χ3n) is 3.55. The number of anilines is 1. The first kappa shape index (κ1) is 12.4. The van der Waals surface area contributed by atoms with Crippen molar-refractivity contribution >= 4 is 16.7 Å². The van der Waals surface area contributed by atoms with E-state index in [1.165, 1.54) is 17.4 Å². The fourth-order valence-electron chi connectivity index (χ4n) is 2.82. The number of pyridine rings is 1. The molecule has 0 fully saturated rings. The van der Waals surface area contributed by atoms with Gasteiger partial charge in [0.25, 0.3) is 0 Å². The van der Waals surface area contributed by atoms with Gasteiger partial charge >= 0.3 is 0 Å². The summed E-state index contributed by atoms with van der Waals surface area (Å²) in [7, 11) is 0. The molecule has 0 amide bonds. The molecule has 3 heteroatoms. The van der Waals surface area contributed by atoms with Crippen LogP contribution in [0.1, 0.15) is 25.8 Å². The van der Waals surface area contributed by atoms with Crippen molar-refractivity contribution in [2.24, 2.45) is 5.73 Å². The van der Waals surface area contributed by atoms with Crippen LogP contribution in [0.5, 0.6) is 0 Å². The van der Waals surface area contributed by atoms with E-state index in [2.05, 4.69) is 43.0 Å². The van der Waals surface area contributed by atoms with Crippen molar-refractivity contribution in [1.29, 1.82) is 0 Å². The Bertz CT molecular complexity index is 598. The van der Waals surface area contributed by atoms with E-state index in [0.29, 0.717) is 0 Å². The second kappa shape index (κ2) is 4.49. The Morgan fingerprint density at radius 1 is 1.32 bits per heavy atom. The largest absolute Gasteiger partial charge is 0.355 e. The van der Waals surface area contributed by atoms with Gasteiger partial charge in [0, 0.05) is 24.0 Å². The maximum Gasteiger partial charge on any atom is 0.132 e. The molecule has 100 valence electrons. The highest BCUT2D eigenvalue weighted by Gasteiger charge is 2.23. The molecule has 1 aromatic heterocycles. The summed E-state index contributed by atoms with van der Waals surface area (Å²) in [5.41, 5.74) is 8.40. The van der Waals surface area contributed by atoms with Crippen LogP contribution in [0, 0.1) is 0 Å². The third kappa shape index (κ3) is 2.56. The number of hydrogen-bond acceptors (Lipinski definition) is 3. The maximum absolute atomic E-state index is 6.17. The summed E-state index contributed by atoms with van der Waals surface area (Å²) in [6, 6.07) is 10.6. The molecule has 0 saturated carbocycles. The number of aryl methyl sites for hydroxylation is 1. The monoisotopic (exact) mass is 255 g/mol. The van der Waals surface area contributed by atoms with Gasteiger partial charge < -0.3 is 10.6 Å². The molecule has 19 heavy (non-hydrogen) atoms. The molecule has 0 radical (unpaired) electrons. The molecule has 0 atom stereocenters. The Morgan fingerprint density at radius 3 is 2.89 bits per heavy atom. The number of nitrogens with zero attached hydrogens (tertiary/aromatic N) is 2. The van der Waals surface area contributed by atoms with Crippen molar-refractivity contribution in [2.75, 3.05) is 18.0 Å². The minimum Gasteiger partial charge on any atom is -0.355 e. The van der Waals surface area contributed by atoms with Crippen molar-refractivity contribution in [3.63, 3.8) is 0 Å². The summed E-state index contributed by atoms with van der Waals surface area (Å²) < 4.78 is 0. The van der Waals surface area contributed by atoms with E-state index in [4.69, 9.17) is 10.7 Å². The normalized spacial score (nSPS) is 15.6. The van der Waals surface area contributed by atoms with E-state index in [-0.39, 0.29) is 5.54 Å². The fraction of sp³-hybridized carbons (Fsp3) is 0.438. The van der Waals surface area contributed by atoms with Crippen LogP contribution in [-0.4, -0.2) is 23.6 Å². The SMILES string of the molecule is CC(C)(N)CN1CCCc2cc3ccccc3nc21. The van der Waals surface area contributed by atoms with Crippen LogP contribution in [0.2, 0.25) is 0 Å². The molecule has 0 aliphatic carbocycles. The molecule has 3 nitrogen and oxygen atoms in total. The van der Waals surface area contributed by atoms with Gasteiger partial charge in [-0.3, -0.25) is 0 Å². The van der Waals surface area contributed by atoms with Crippen LogP contribution in [0.15, 0.2) is 30.3 Å². The molecule has 1 aliphatic rings. The fourth-order valence-corrected chi connectivity index (χ4v) is 2.82. The zero-order valence-electron chi connectivity index (χ0n) is 11.7. The minimum atomic E-state index is -0.193. The van der Waals surface area contributed by atoms with Gasteiger partial charge in [0.15, 0.2) is 0 Å². The molecule has 2 aromatic rings. The van der Waals surface area contributed by atoms with Gasteiger partial charge in [0.2, 0.25) is 0 Å². The van der Waals surface area contributed by atoms with Crippen LogP contribution in [0.4, 0.5) is 5.82 Å². The van der Waals surface area contributed by atoms with Gasteiger partial charge in [-0.05, 0) is 44.4 Å². The first-order valence-corrected chi connectivity index (χ1v) is 6.95. The average molecular weight is 255 g/mol. The third-order valence-corrected chi connectivity index (χ3v) is 3.55. The quantitative estimate of drug-likeness (QED) is 0.897. The van der Waals surface area contributed by atoms with E-state index in [1.807, 2.05) is 6.07 Å². The number of hydrogen-bond donors (Lipinski definition) is 1. The summed E-state index contributed by atoms with van der Waals surface area (Å²) in [5.74, 6) is 1.13. The smallest absolute Gasteiger partial charge is 0.132 e. The van der Waals surface area contributed by atoms with Crippen LogP contribution in [0.3, 0.4) is 0 Å². The lowest BCUT2D eigenvalue weighted by Crippen LogP contribution is -2.47. The molecule has 0 spiro atoms. The molecule has 0 unspecified atom stereocenters. The summed E-state index contributed by atoms with van der Waals surface area (Å²) in [5, 5.41) is 1.23. The standard InChI is InChI=1S/C16H21N3/c1-16(2,17)11-19-9-5-7-13-10-12-6-3-4-8-14(12)18-15(13)19/h3-4,6,8,10H,5,7,9,11,17H2,1-2H3. The first-order valence-electron chi connectivity index (χ1n) is 6.95. The molecule has 2 heterocycles. The van der Waals surface area contributed by atoms with Gasteiger partial charge in [-0.1, -0.05) is 18.2 Å². The molecular weight excluding hydrogens is 234 g/mol. The lowest BCUT2D eigenvalue weighted by atomic mass is 10.00. The van der Waals surface area contributed by atoms with Gasteiger partial charge in [-0.25, -0.2) is 4.98 Å². The molecule has 0 saturated heterocycles. The van der Waals surface area contributed by atoms with Gasteiger partial charge in [0.1, 0.15) is 5.82 Å². The summed E-state index contributed by atoms with van der Waals surface area (Å²) in [6.07, 6.45) is 2.30. The van der Waals surface area contributed by atoms with Crippen molar-refractivity contribution in [3.8, 4) is 0 Å². The van der Waals surface area contributed by atoms with E-state index in [9.17, 15) is 0 Å². The van der Waals surface area contributed by atoms with E-state index in [0.717, 1.165) is 30.8 Å². The number of nitrogens with two attached hydrogens (primary N) is 1. The number of rotatable bonds is 2. The second-order valence-corrected chi connectivity index (χ2v) is 6.18. The van der Waals surface area contributed by atoms with Crippen LogP contribution < -0.4 is 10.6 Å². The van der Waals surface area contributed by atoms with Crippen molar-refractivity contribution < 1.29 is 0 Å². The Balaban J connectivity index is 2.05.